The summed E-state index contributed by atoms with van der Waals surface area (Å²) in [5, 5.41) is 6.63. The molecule has 0 radical (unpaired) electrons. The van der Waals surface area contributed by atoms with Gasteiger partial charge in [0.25, 0.3) is 0 Å². The monoisotopic (exact) mass is 435 g/mol. The molecule has 0 spiro atoms. The van der Waals surface area contributed by atoms with Crippen LogP contribution in [0.1, 0.15) is 25.8 Å². The molecule has 1 rings (SSSR count). The maximum atomic E-state index is 5.61. The van der Waals surface area contributed by atoms with E-state index in [0.29, 0.717) is 25.7 Å². The molecule has 1 aromatic rings. The standard InChI is InChI=1S/C17H29N3O2.HI/c1-14(2)8-9-19-17(18-3)20-13-15-6-5-7-16(12-15)22-11-10-21-4;/h5-7,12,14H,8-11,13H2,1-4H3,(H2,18,19,20);1H. The van der Waals surface area contributed by atoms with Gasteiger partial charge in [-0.15, -0.1) is 24.0 Å². The number of guanidine groups is 1. The molecule has 1 aromatic carbocycles. The van der Waals surface area contributed by atoms with Gasteiger partial charge < -0.3 is 20.1 Å². The number of benzene rings is 1. The second-order valence-electron chi connectivity index (χ2n) is 5.52. The lowest BCUT2D eigenvalue weighted by Gasteiger charge is -2.13. The van der Waals surface area contributed by atoms with Crippen LogP contribution in [0.3, 0.4) is 0 Å². The Balaban J connectivity index is 0.00000484. The molecule has 0 aliphatic heterocycles. The van der Waals surface area contributed by atoms with Crippen molar-refractivity contribution in [1.29, 1.82) is 0 Å². The minimum Gasteiger partial charge on any atom is -0.491 e. The van der Waals surface area contributed by atoms with Gasteiger partial charge >= 0.3 is 0 Å². The first kappa shape index (κ1) is 22.0. The van der Waals surface area contributed by atoms with E-state index in [1.54, 1.807) is 14.2 Å². The van der Waals surface area contributed by atoms with Crippen LogP contribution in [-0.4, -0.2) is 39.9 Å². The van der Waals surface area contributed by atoms with Gasteiger partial charge in [0.2, 0.25) is 0 Å². The predicted molar refractivity (Wildman–Crippen MR) is 107 cm³/mol. The van der Waals surface area contributed by atoms with E-state index in [4.69, 9.17) is 9.47 Å². The number of methoxy groups -OCH3 is 1. The van der Waals surface area contributed by atoms with Crippen molar-refractivity contribution >= 4 is 29.9 Å². The van der Waals surface area contributed by atoms with Crippen molar-refractivity contribution in [2.45, 2.75) is 26.8 Å². The number of aliphatic imine (C=N–C) groups is 1. The van der Waals surface area contributed by atoms with E-state index in [-0.39, 0.29) is 24.0 Å². The molecule has 6 heteroatoms. The third kappa shape index (κ3) is 10.4. The van der Waals surface area contributed by atoms with Crippen LogP contribution in [0.5, 0.6) is 5.75 Å². The van der Waals surface area contributed by atoms with Crippen molar-refractivity contribution in [2.24, 2.45) is 10.9 Å². The van der Waals surface area contributed by atoms with Crippen LogP contribution >= 0.6 is 24.0 Å². The molecule has 23 heavy (non-hydrogen) atoms. The van der Waals surface area contributed by atoms with Crippen molar-refractivity contribution in [2.75, 3.05) is 33.9 Å². The van der Waals surface area contributed by atoms with Gasteiger partial charge in [-0.25, -0.2) is 0 Å². The van der Waals surface area contributed by atoms with Crippen LogP contribution in [0.15, 0.2) is 29.3 Å². The molecule has 0 unspecified atom stereocenters. The van der Waals surface area contributed by atoms with E-state index in [1.165, 1.54) is 0 Å². The van der Waals surface area contributed by atoms with Crippen LogP contribution in [0.25, 0.3) is 0 Å². The molecule has 132 valence electrons. The Morgan fingerprint density at radius 3 is 2.65 bits per heavy atom. The molecule has 0 saturated carbocycles. The Labute approximate surface area is 157 Å². The third-order valence-corrected chi connectivity index (χ3v) is 3.15. The third-order valence-electron chi connectivity index (χ3n) is 3.15. The molecule has 0 aliphatic rings. The van der Waals surface area contributed by atoms with Crippen molar-refractivity contribution in [3.8, 4) is 5.75 Å². The molecule has 0 fully saturated rings. The van der Waals surface area contributed by atoms with E-state index in [1.807, 2.05) is 18.2 Å². The molecule has 0 aromatic heterocycles. The summed E-state index contributed by atoms with van der Waals surface area (Å²) in [6.45, 7) is 7.22. The van der Waals surface area contributed by atoms with Crippen molar-refractivity contribution < 1.29 is 9.47 Å². The van der Waals surface area contributed by atoms with Gasteiger partial charge in [0.1, 0.15) is 12.4 Å². The van der Waals surface area contributed by atoms with Gasteiger partial charge in [0, 0.05) is 27.2 Å². The Bertz CT molecular complexity index is 453. The lowest BCUT2D eigenvalue weighted by Crippen LogP contribution is -2.37. The number of hydrogen-bond donors (Lipinski definition) is 2. The van der Waals surface area contributed by atoms with Crippen molar-refractivity contribution in [3.05, 3.63) is 29.8 Å². The van der Waals surface area contributed by atoms with Crippen LogP contribution < -0.4 is 15.4 Å². The molecule has 0 bridgehead atoms. The molecule has 5 nitrogen and oxygen atoms in total. The molecular weight excluding hydrogens is 405 g/mol. The first-order valence-corrected chi connectivity index (χ1v) is 7.81. The largest absolute Gasteiger partial charge is 0.491 e. The first-order chi connectivity index (χ1) is 10.7. The Morgan fingerprint density at radius 1 is 1.22 bits per heavy atom. The second-order valence-corrected chi connectivity index (χ2v) is 5.52. The minimum absolute atomic E-state index is 0. The SMILES string of the molecule is CN=C(NCCC(C)C)NCc1cccc(OCCOC)c1.I. The average Bonchev–Trinajstić information content (AvgIpc) is 2.51. The van der Waals surface area contributed by atoms with E-state index in [0.717, 1.165) is 30.2 Å². The highest BCUT2D eigenvalue weighted by Gasteiger charge is 2.01. The number of hydrogen-bond acceptors (Lipinski definition) is 3. The van der Waals surface area contributed by atoms with E-state index in [9.17, 15) is 0 Å². The van der Waals surface area contributed by atoms with Gasteiger partial charge in [-0.2, -0.15) is 0 Å². The van der Waals surface area contributed by atoms with Crippen LogP contribution in [0.2, 0.25) is 0 Å². The minimum atomic E-state index is 0. The second kappa shape index (κ2) is 13.4. The van der Waals surface area contributed by atoms with Crippen LogP contribution in [-0.2, 0) is 11.3 Å². The van der Waals surface area contributed by atoms with Gasteiger partial charge in [-0.05, 0) is 30.0 Å². The van der Waals surface area contributed by atoms with Gasteiger partial charge in [-0.1, -0.05) is 26.0 Å². The van der Waals surface area contributed by atoms with Crippen molar-refractivity contribution in [1.82, 2.24) is 10.6 Å². The smallest absolute Gasteiger partial charge is 0.191 e. The summed E-state index contributed by atoms with van der Waals surface area (Å²) in [6.07, 6.45) is 1.13. The lowest BCUT2D eigenvalue weighted by molar-refractivity contribution is 0.146. The Morgan fingerprint density at radius 2 is 2.00 bits per heavy atom. The topological polar surface area (TPSA) is 54.9 Å². The summed E-state index contributed by atoms with van der Waals surface area (Å²) in [7, 11) is 3.45. The fourth-order valence-electron chi connectivity index (χ4n) is 1.87. The zero-order valence-electron chi connectivity index (χ0n) is 14.6. The molecule has 0 heterocycles. The summed E-state index contributed by atoms with van der Waals surface area (Å²) >= 11 is 0. The highest BCUT2D eigenvalue weighted by atomic mass is 127. The molecule has 0 aliphatic carbocycles. The molecule has 2 N–H and O–H groups in total. The van der Waals surface area contributed by atoms with Gasteiger partial charge in [0.05, 0.1) is 6.61 Å². The molecule has 0 saturated heterocycles. The zero-order chi connectivity index (χ0) is 16.2. The van der Waals surface area contributed by atoms with Crippen molar-refractivity contribution in [3.63, 3.8) is 0 Å². The maximum Gasteiger partial charge on any atom is 0.191 e. The van der Waals surface area contributed by atoms with E-state index in [2.05, 4.69) is 35.5 Å². The summed E-state index contributed by atoms with van der Waals surface area (Å²) < 4.78 is 10.6. The van der Waals surface area contributed by atoms with Crippen LogP contribution in [0.4, 0.5) is 0 Å². The summed E-state index contributed by atoms with van der Waals surface area (Å²) in [5.41, 5.74) is 1.15. The Hall–Kier alpha value is -1.02. The lowest BCUT2D eigenvalue weighted by atomic mass is 10.1. The first-order valence-electron chi connectivity index (χ1n) is 7.81. The number of nitrogens with one attached hydrogen (secondary N) is 2. The van der Waals surface area contributed by atoms with Gasteiger partial charge in [0.15, 0.2) is 5.96 Å². The summed E-state index contributed by atoms with van der Waals surface area (Å²) in [4.78, 5) is 4.23. The number of nitrogens with zero attached hydrogens (tertiary/aromatic N) is 1. The normalized spacial score (nSPS) is 11.1. The fourth-order valence-corrected chi connectivity index (χ4v) is 1.87. The number of halogens is 1. The summed E-state index contributed by atoms with van der Waals surface area (Å²) in [6, 6.07) is 8.05. The highest BCUT2D eigenvalue weighted by molar-refractivity contribution is 14.0. The zero-order valence-corrected chi connectivity index (χ0v) is 16.9. The fraction of sp³-hybridized carbons (Fsp3) is 0.588. The molecule has 0 atom stereocenters. The van der Waals surface area contributed by atoms with E-state index < -0.39 is 0 Å². The predicted octanol–water partition coefficient (Wildman–Crippen LogP) is 3.04. The summed E-state index contributed by atoms with van der Waals surface area (Å²) in [5.74, 6) is 2.37. The highest BCUT2D eigenvalue weighted by Crippen LogP contribution is 2.13. The van der Waals surface area contributed by atoms with Gasteiger partial charge in [-0.3, -0.25) is 4.99 Å². The quantitative estimate of drug-likeness (QED) is 0.271. The average molecular weight is 435 g/mol. The number of ether oxygens (including phenoxy) is 2. The maximum absolute atomic E-state index is 5.61. The number of rotatable bonds is 9. The molecule has 0 amide bonds. The molecular formula is C17H30IN3O2. The Kier molecular flexibility index (Phi) is 12.8. The van der Waals surface area contributed by atoms with E-state index >= 15 is 0 Å². The van der Waals surface area contributed by atoms with Crippen LogP contribution in [0, 0.1) is 5.92 Å².